The highest BCUT2D eigenvalue weighted by molar-refractivity contribution is 5.89. The van der Waals surface area contributed by atoms with Crippen LogP contribution in [-0.4, -0.2) is 29.2 Å². The van der Waals surface area contributed by atoms with Crippen molar-refractivity contribution in [3.63, 3.8) is 0 Å². The van der Waals surface area contributed by atoms with Gasteiger partial charge in [-0.25, -0.2) is 0 Å². The zero-order valence-corrected chi connectivity index (χ0v) is 11.1. The minimum Gasteiger partial charge on any atom is -0.497 e. The lowest BCUT2D eigenvalue weighted by atomic mass is 10.1. The Morgan fingerprint density at radius 2 is 1.90 bits per heavy atom. The van der Waals surface area contributed by atoms with Crippen LogP contribution in [0.4, 0.5) is 13.2 Å². The smallest absolute Gasteiger partial charge is 0.450 e. The number of benzene rings is 1. The number of ketones is 1. The Kier molecular flexibility index (Phi) is 3.97. The Bertz CT molecular complexity index is 635. The van der Waals surface area contributed by atoms with Crippen molar-refractivity contribution < 1.29 is 27.2 Å². The molecule has 0 N–H and O–H groups in total. The molecule has 8 heteroatoms. The van der Waals surface area contributed by atoms with Gasteiger partial charge in [0, 0.05) is 5.56 Å². The number of aromatic nitrogens is 2. The third kappa shape index (κ3) is 3.21. The Labute approximate surface area is 117 Å². The number of rotatable bonds is 4. The first-order valence-electron chi connectivity index (χ1n) is 5.92. The lowest BCUT2D eigenvalue weighted by molar-refractivity contribution is -0.172. The van der Waals surface area contributed by atoms with E-state index in [1.165, 1.54) is 7.11 Å². The van der Waals surface area contributed by atoms with E-state index in [9.17, 15) is 18.0 Å². The standard InChI is InChI=1S/C13H11F3N2O3/c1-7(10(19)13(14,15)16)12-17-11(18-21-12)8-3-5-9(20-2)6-4-8/h3-7H,1-2H3. The van der Waals surface area contributed by atoms with Crippen LogP contribution in [0.3, 0.4) is 0 Å². The molecule has 1 aromatic heterocycles. The van der Waals surface area contributed by atoms with Crippen molar-refractivity contribution in [2.75, 3.05) is 7.11 Å². The second-order valence-electron chi connectivity index (χ2n) is 4.27. The van der Waals surface area contributed by atoms with Crippen LogP contribution in [-0.2, 0) is 4.79 Å². The first-order chi connectivity index (χ1) is 9.82. The Morgan fingerprint density at radius 3 is 2.43 bits per heavy atom. The average molecular weight is 300 g/mol. The van der Waals surface area contributed by atoms with Gasteiger partial charge in [-0.15, -0.1) is 0 Å². The molecule has 0 aliphatic carbocycles. The van der Waals surface area contributed by atoms with Crippen LogP contribution in [0, 0.1) is 0 Å². The lowest BCUT2D eigenvalue weighted by Gasteiger charge is -2.08. The number of carbonyl (C=O) groups is 1. The minimum atomic E-state index is -4.94. The van der Waals surface area contributed by atoms with Crippen LogP contribution in [0.2, 0.25) is 0 Å². The highest BCUT2D eigenvalue weighted by Gasteiger charge is 2.44. The Morgan fingerprint density at radius 1 is 1.29 bits per heavy atom. The molecular formula is C13H11F3N2O3. The molecule has 112 valence electrons. The largest absolute Gasteiger partial charge is 0.497 e. The van der Waals surface area contributed by atoms with Gasteiger partial charge in [0.2, 0.25) is 17.5 Å². The van der Waals surface area contributed by atoms with E-state index in [0.717, 1.165) is 6.92 Å². The summed E-state index contributed by atoms with van der Waals surface area (Å²) in [5, 5.41) is 3.58. The average Bonchev–Trinajstić information content (AvgIpc) is 2.94. The lowest BCUT2D eigenvalue weighted by Crippen LogP contribution is -2.27. The van der Waals surface area contributed by atoms with Gasteiger partial charge in [-0.1, -0.05) is 5.16 Å². The predicted octanol–water partition coefficient (Wildman–Crippen LogP) is 2.98. The van der Waals surface area contributed by atoms with Crippen molar-refractivity contribution in [1.82, 2.24) is 10.1 Å². The van der Waals surface area contributed by atoms with Gasteiger partial charge in [-0.2, -0.15) is 18.2 Å². The topological polar surface area (TPSA) is 65.2 Å². The normalized spacial score (nSPS) is 13.0. The Balaban J connectivity index is 2.23. The zero-order chi connectivity index (χ0) is 15.6. The number of hydrogen-bond acceptors (Lipinski definition) is 5. The van der Waals surface area contributed by atoms with Crippen LogP contribution in [0.25, 0.3) is 11.4 Å². The van der Waals surface area contributed by atoms with Crippen molar-refractivity contribution in [1.29, 1.82) is 0 Å². The van der Waals surface area contributed by atoms with Crippen molar-refractivity contribution >= 4 is 5.78 Å². The molecule has 0 radical (unpaired) electrons. The number of halogens is 3. The summed E-state index contributed by atoms with van der Waals surface area (Å²) in [6, 6.07) is 6.55. The van der Waals surface area contributed by atoms with Crippen LogP contribution < -0.4 is 4.74 Å². The molecule has 1 aromatic carbocycles. The summed E-state index contributed by atoms with van der Waals surface area (Å²) < 4.78 is 46.8. The quantitative estimate of drug-likeness (QED) is 0.868. The number of nitrogens with zero attached hydrogens (tertiary/aromatic N) is 2. The fourth-order valence-corrected chi connectivity index (χ4v) is 1.63. The van der Waals surface area contributed by atoms with Crippen LogP contribution in [0.5, 0.6) is 5.75 Å². The maximum Gasteiger partial charge on any atom is 0.450 e. The van der Waals surface area contributed by atoms with Gasteiger partial charge >= 0.3 is 6.18 Å². The molecule has 1 heterocycles. The van der Waals surface area contributed by atoms with Gasteiger partial charge in [-0.05, 0) is 31.2 Å². The molecule has 0 fully saturated rings. The summed E-state index contributed by atoms with van der Waals surface area (Å²) in [5.41, 5.74) is 0.539. The summed E-state index contributed by atoms with van der Waals surface area (Å²) in [5.74, 6) is -3.11. The van der Waals surface area contributed by atoms with Crippen molar-refractivity contribution in [2.45, 2.75) is 19.0 Å². The van der Waals surface area contributed by atoms with E-state index in [-0.39, 0.29) is 11.7 Å². The molecule has 0 aliphatic heterocycles. The molecule has 0 amide bonds. The maximum atomic E-state index is 12.3. The first kappa shape index (κ1) is 15.0. The molecule has 2 rings (SSSR count). The summed E-state index contributed by atoms with van der Waals surface area (Å²) in [6.07, 6.45) is -4.94. The highest BCUT2D eigenvalue weighted by atomic mass is 19.4. The molecule has 0 saturated heterocycles. The van der Waals surface area contributed by atoms with Gasteiger partial charge in [0.15, 0.2) is 0 Å². The fourth-order valence-electron chi connectivity index (χ4n) is 1.63. The molecule has 1 atom stereocenters. The van der Waals surface area contributed by atoms with Gasteiger partial charge < -0.3 is 9.26 Å². The number of Topliss-reactive ketones (excluding diaryl/α,β-unsaturated/α-hetero) is 1. The van der Waals surface area contributed by atoms with E-state index in [1.54, 1.807) is 24.3 Å². The molecule has 0 saturated carbocycles. The maximum absolute atomic E-state index is 12.3. The van der Waals surface area contributed by atoms with E-state index < -0.39 is 17.9 Å². The van der Waals surface area contributed by atoms with Crippen LogP contribution >= 0.6 is 0 Å². The van der Waals surface area contributed by atoms with Crippen molar-refractivity contribution in [3.05, 3.63) is 30.2 Å². The molecule has 0 bridgehead atoms. The Hall–Kier alpha value is -2.38. The van der Waals surface area contributed by atoms with E-state index >= 15 is 0 Å². The predicted molar refractivity (Wildman–Crippen MR) is 65.8 cm³/mol. The van der Waals surface area contributed by atoms with E-state index in [4.69, 9.17) is 9.26 Å². The number of carbonyl (C=O) groups excluding carboxylic acids is 1. The van der Waals surface area contributed by atoms with E-state index in [2.05, 4.69) is 10.1 Å². The van der Waals surface area contributed by atoms with Gasteiger partial charge in [0.1, 0.15) is 11.7 Å². The summed E-state index contributed by atoms with van der Waals surface area (Å²) in [6.45, 7) is 1.07. The van der Waals surface area contributed by atoms with Crippen molar-refractivity contribution in [2.24, 2.45) is 0 Å². The summed E-state index contributed by atoms with van der Waals surface area (Å²) in [4.78, 5) is 15.0. The van der Waals surface area contributed by atoms with E-state index in [1.807, 2.05) is 0 Å². The fraction of sp³-hybridized carbons (Fsp3) is 0.308. The number of hydrogen-bond donors (Lipinski definition) is 0. The zero-order valence-electron chi connectivity index (χ0n) is 11.1. The summed E-state index contributed by atoms with van der Waals surface area (Å²) in [7, 11) is 1.51. The molecule has 2 aromatic rings. The third-order valence-electron chi connectivity index (χ3n) is 2.83. The number of methoxy groups -OCH3 is 1. The second kappa shape index (κ2) is 5.55. The molecular weight excluding hydrogens is 289 g/mol. The van der Waals surface area contributed by atoms with Gasteiger partial charge in [0.25, 0.3) is 0 Å². The first-order valence-corrected chi connectivity index (χ1v) is 5.92. The second-order valence-corrected chi connectivity index (χ2v) is 4.27. The molecule has 5 nitrogen and oxygen atoms in total. The molecule has 0 aliphatic rings. The minimum absolute atomic E-state index is 0.106. The molecule has 21 heavy (non-hydrogen) atoms. The molecule has 1 unspecified atom stereocenters. The van der Waals surface area contributed by atoms with Gasteiger partial charge in [0.05, 0.1) is 7.11 Å². The number of alkyl halides is 3. The van der Waals surface area contributed by atoms with Crippen LogP contribution in [0.15, 0.2) is 28.8 Å². The number of ether oxygens (including phenoxy) is 1. The highest BCUT2D eigenvalue weighted by Crippen LogP contribution is 2.28. The third-order valence-corrected chi connectivity index (χ3v) is 2.83. The van der Waals surface area contributed by atoms with Gasteiger partial charge in [-0.3, -0.25) is 4.79 Å². The summed E-state index contributed by atoms with van der Waals surface area (Å²) >= 11 is 0. The monoisotopic (exact) mass is 300 g/mol. The molecule has 0 spiro atoms. The van der Waals surface area contributed by atoms with E-state index in [0.29, 0.717) is 11.3 Å². The van der Waals surface area contributed by atoms with Crippen LogP contribution in [0.1, 0.15) is 18.7 Å². The van der Waals surface area contributed by atoms with Crippen molar-refractivity contribution in [3.8, 4) is 17.1 Å². The SMILES string of the molecule is COc1ccc(-c2noc(C(C)C(=O)C(F)(F)F)n2)cc1.